The number of hydrogen-bond donors (Lipinski definition) is 3. The van der Waals surface area contributed by atoms with Gasteiger partial charge in [-0.3, -0.25) is 9.79 Å². The third-order valence-corrected chi connectivity index (χ3v) is 6.72. The number of aliphatic imine (C=N–C) groups is 2. The molecular formula is C20H23Cl2N5OS. The number of carbonyl (C=O) groups is 1. The van der Waals surface area contributed by atoms with Crippen molar-refractivity contribution in [3.05, 3.63) is 55.7 Å². The number of thiophene rings is 1. The summed E-state index contributed by atoms with van der Waals surface area (Å²) in [6.07, 6.45) is 3.09. The Bertz CT molecular complexity index is 958. The van der Waals surface area contributed by atoms with E-state index in [9.17, 15) is 4.79 Å². The summed E-state index contributed by atoms with van der Waals surface area (Å²) < 4.78 is 0. The zero-order valence-corrected chi connectivity index (χ0v) is 18.5. The lowest BCUT2D eigenvalue weighted by molar-refractivity contribution is 0.0942. The van der Waals surface area contributed by atoms with E-state index in [2.05, 4.69) is 27.5 Å². The SMILES string of the molecule is CN=C1N=CCC(C)(c2ccc(C(=O)N[C@H](CN)Cc3ccc(Cl)cc3Cl)s2)N1. The van der Waals surface area contributed by atoms with Crippen LogP contribution in [0.2, 0.25) is 10.0 Å². The lowest BCUT2D eigenvalue weighted by atomic mass is 9.95. The molecule has 0 aliphatic carbocycles. The van der Waals surface area contributed by atoms with Crippen LogP contribution in [0.3, 0.4) is 0 Å². The molecule has 9 heteroatoms. The zero-order valence-electron chi connectivity index (χ0n) is 16.2. The second-order valence-corrected chi connectivity index (χ2v) is 8.96. The van der Waals surface area contributed by atoms with E-state index >= 15 is 0 Å². The van der Waals surface area contributed by atoms with Crippen LogP contribution in [0.15, 0.2) is 40.3 Å². The van der Waals surface area contributed by atoms with Crippen molar-refractivity contribution in [2.24, 2.45) is 15.7 Å². The molecule has 0 bridgehead atoms. The minimum atomic E-state index is -0.343. The number of hydrogen-bond acceptors (Lipinski definition) is 4. The van der Waals surface area contributed by atoms with E-state index < -0.39 is 0 Å². The smallest absolute Gasteiger partial charge is 0.261 e. The standard InChI is InChI=1S/C20H23Cl2N5OS/c1-20(7-8-25-19(24-2)27-20)17-6-5-16(29-17)18(28)26-14(11-23)9-12-3-4-13(21)10-15(12)22/h3-6,8,10,14H,7,9,11,23H2,1-2H3,(H,24,27)(H,26,28)/t14-,20?/m0/s1. The summed E-state index contributed by atoms with van der Waals surface area (Å²) in [6.45, 7) is 2.37. The molecule has 1 amide bonds. The van der Waals surface area contributed by atoms with E-state index in [1.807, 2.05) is 24.4 Å². The first-order chi connectivity index (χ1) is 13.8. The molecule has 154 valence electrons. The van der Waals surface area contributed by atoms with E-state index in [0.29, 0.717) is 40.3 Å². The fourth-order valence-corrected chi connectivity index (χ4v) is 4.59. The van der Waals surface area contributed by atoms with Crippen LogP contribution in [-0.2, 0) is 12.0 Å². The molecule has 4 N–H and O–H groups in total. The maximum absolute atomic E-state index is 12.8. The molecule has 1 unspecified atom stereocenters. The van der Waals surface area contributed by atoms with Gasteiger partial charge in [0.05, 0.1) is 10.4 Å². The second kappa shape index (κ2) is 9.26. The van der Waals surface area contributed by atoms with Crippen molar-refractivity contribution < 1.29 is 4.79 Å². The van der Waals surface area contributed by atoms with E-state index in [1.165, 1.54) is 11.3 Å². The lowest BCUT2D eigenvalue weighted by Crippen LogP contribution is -2.45. The van der Waals surface area contributed by atoms with E-state index in [0.717, 1.165) is 10.4 Å². The number of nitrogens with one attached hydrogen (secondary N) is 2. The topological polar surface area (TPSA) is 91.9 Å². The van der Waals surface area contributed by atoms with Gasteiger partial charge in [0.15, 0.2) is 0 Å². The summed E-state index contributed by atoms with van der Waals surface area (Å²) in [7, 11) is 1.69. The quantitative estimate of drug-likeness (QED) is 0.625. The first-order valence-electron chi connectivity index (χ1n) is 9.17. The van der Waals surface area contributed by atoms with Gasteiger partial charge in [-0.05, 0) is 43.2 Å². The van der Waals surface area contributed by atoms with Crippen LogP contribution in [0.1, 0.15) is 33.5 Å². The lowest BCUT2D eigenvalue weighted by Gasteiger charge is -2.31. The molecule has 0 saturated carbocycles. The van der Waals surface area contributed by atoms with Crippen molar-refractivity contribution in [3.63, 3.8) is 0 Å². The number of nitrogens with zero attached hydrogens (tertiary/aromatic N) is 2. The predicted octanol–water partition coefficient (Wildman–Crippen LogP) is 3.62. The maximum atomic E-state index is 12.8. The number of guanidine groups is 1. The van der Waals surface area contributed by atoms with Crippen molar-refractivity contribution in [1.82, 2.24) is 10.6 Å². The number of benzene rings is 1. The molecule has 2 heterocycles. The predicted molar refractivity (Wildman–Crippen MR) is 122 cm³/mol. The van der Waals surface area contributed by atoms with Crippen LogP contribution < -0.4 is 16.4 Å². The van der Waals surface area contributed by atoms with Gasteiger partial charge >= 0.3 is 0 Å². The van der Waals surface area contributed by atoms with Gasteiger partial charge in [0.25, 0.3) is 5.91 Å². The fourth-order valence-electron chi connectivity index (χ4n) is 3.08. The molecule has 1 aromatic heterocycles. The van der Waals surface area contributed by atoms with Crippen molar-refractivity contribution >= 4 is 52.6 Å². The van der Waals surface area contributed by atoms with Crippen molar-refractivity contribution in [2.45, 2.75) is 31.3 Å². The molecule has 2 aromatic rings. The average Bonchev–Trinajstić information content (AvgIpc) is 3.20. The molecule has 0 fully saturated rings. The molecule has 3 rings (SSSR count). The summed E-state index contributed by atoms with van der Waals surface area (Å²) in [5, 5.41) is 7.47. The maximum Gasteiger partial charge on any atom is 0.261 e. The van der Waals surface area contributed by atoms with Crippen LogP contribution >= 0.6 is 34.5 Å². The highest BCUT2D eigenvalue weighted by Gasteiger charge is 2.31. The van der Waals surface area contributed by atoms with Crippen LogP contribution in [0.5, 0.6) is 0 Å². The van der Waals surface area contributed by atoms with Gasteiger partial charge < -0.3 is 16.4 Å². The van der Waals surface area contributed by atoms with Gasteiger partial charge in [0.2, 0.25) is 5.96 Å². The Morgan fingerprint density at radius 1 is 1.41 bits per heavy atom. The van der Waals surface area contributed by atoms with E-state index in [4.69, 9.17) is 28.9 Å². The fraction of sp³-hybridized carbons (Fsp3) is 0.350. The molecule has 1 aromatic carbocycles. The van der Waals surface area contributed by atoms with Gasteiger partial charge in [-0.2, -0.15) is 0 Å². The van der Waals surface area contributed by atoms with Crippen molar-refractivity contribution in [2.75, 3.05) is 13.6 Å². The Hall–Kier alpha value is -1.93. The summed E-state index contributed by atoms with van der Waals surface area (Å²) in [4.78, 5) is 22.8. The largest absolute Gasteiger partial charge is 0.347 e. The molecular weight excluding hydrogens is 429 g/mol. The molecule has 0 radical (unpaired) electrons. The molecule has 2 atom stereocenters. The van der Waals surface area contributed by atoms with Crippen LogP contribution in [0.4, 0.5) is 0 Å². The third kappa shape index (κ3) is 5.17. The highest BCUT2D eigenvalue weighted by atomic mass is 35.5. The first-order valence-corrected chi connectivity index (χ1v) is 10.7. The van der Waals surface area contributed by atoms with Crippen molar-refractivity contribution in [1.29, 1.82) is 0 Å². The van der Waals surface area contributed by atoms with Gasteiger partial charge in [-0.25, -0.2) is 4.99 Å². The summed E-state index contributed by atoms with van der Waals surface area (Å²) in [6, 6.07) is 8.88. The summed E-state index contributed by atoms with van der Waals surface area (Å²) >= 11 is 13.6. The highest BCUT2D eigenvalue weighted by Crippen LogP contribution is 2.32. The minimum Gasteiger partial charge on any atom is -0.347 e. The molecule has 29 heavy (non-hydrogen) atoms. The molecule has 6 nitrogen and oxygen atoms in total. The van der Waals surface area contributed by atoms with Crippen molar-refractivity contribution in [3.8, 4) is 0 Å². The van der Waals surface area contributed by atoms with Crippen LogP contribution in [0.25, 0.3) is 0 Å². The van der Waals surface area contributed by atoms with Gasteiger partial charge in [0.1, 0.15) is 0 Å². The van der Waals surface area contributed by atoms with Crippen LogP contribution in [0, 0.1) is 0 Å². The van der Waals surface area contributed by atoms with Crippen LogP contribution in [-0.4, -0.2) is 37.7 Å². The average molecular weight is 452 g/mol. The molecule has 0 saturated heterocycles. The molecule has 1 aliphatic heterocycles. The zero-order chi connectivity index (χ0) is 21.0. The van der Waals surface area contributed by atoms with E-state index in [-0.39, 0.29) is 17.5 Å². The van der Waals surface area contributed by atoms with Gasteiger partial charge in [-0.15, -0.1) is 11.3 Å². The first kappa shape index (κ1) is 21.8. The Morgan fingerprint density at radius 3 is 2.90 bits per heavy atom. The number of halogens is 2. The Labute approximate surface area is 184 Å². The number of nitrogens with two attached hydrogens (primary N) is 1. The normalized spacial score (nSPS) is 21.1. The Morgan fingerprint density at radius 2 is 2.21 bits per heavy atom. The third-order valence-electron chi connectivity index (χ3n) is 4.79. The summed E-state index contributed by atoms with van der Waals surface area (Å²) in [5.74, 6) is 0.431. The Balaban J connectivity index is 1.70. The number of amides is 1. The number of rotatable bonds is 6. The van der Waals surface area contributed by atoms with Gasteiger partial charge in [0, 0.05) is 47.2 Å². The van der Waals surface area contributed by atoms with E-state index in [1.54, 1.807) is 19.2 Å². The Kier molecular flexibility index (Phi) is 6.95. The summed E-state index contributed by atoms with van der Waals surface area (Å²) in [5.41, 5.74) is 6.43. The van der Waals surface area contributed by atoms with Gasteiger partial charge in [-0.1, -0.05) is 29.3 Å². The second-order valence-electron chi connectivity index (χ2n) is 7.03. The highest BCUT2D eigenvalue weighted by molar-refractivity contribution is 7.14. The monoisotopic (exact) mass is 451 g/mol. The minimum absolute atomic E-state index is 0.153. The molecule has 1 aliphatic rings. The number of carbonyl (C=O) groups excluding carboxylic acids is 1. The molecule has 0 spiro atoms.